The van der Waals surface area contributed by atoms with Gasteiger partial charge in [-0.3, -0.25) is 9.69 Å². The van der Waals surface area contributed by atoms with Crippen molar-refractivity contribution in [1.29, 1.82) is 0 Å². The van der Waals surface area contributed by atoms with Crippen LogP contribution in [0.3, 0.4) is 0 Å². The van der Waals surface area contributed by atoms with Gasteiger partial charge < -0.3 is 9.64 Å². The lowest BCUT2D eigenvalue weighted by atomic mass is 10.1. The Morgan fingerprint density at radius 2 is 1.88 bits per heavy atom. The zero-order chi connectivity index (χ0) is 18.7. The van der Waals surface area contributed by atoms with Gasteiger partial charge in [0.2, 0.25) is 0 Å². The number of rotatable bonds is 4. The molecule has 1 saturated heterocycles. The van der Waals surface area contributed by atoms with Crippen molar-refractivity contribution in [2.75, 3.05) is 33.3 Å². The summed E-state index contributed by atoms with van der Waals surface area (Å²) in [6.45, 7) is 2.79. The average molecular weight is 397 g/mol. The first kappa shape index (κ1) is 19.0. The summed E-state index contributed by atoms with van der Waals surface area (Å²) in [5.74, 6) is 0.0764. The van der Waals surface area contributed by atoms with Crippen molar-refractivity contribution in [3.8, 4) is 5.75 Å². The average Bonchev–Trinajstić information content (AvgIpc) is 2.65. The number of piperazine rings is 1. The number of halogens is 3. The van der Waals surface area contributed by atoms with Crippen molar-refractivity contribution in [2.24, 2.45) is 0 Å². The standard InChI is InChI=1S/C19H19Cl2FN2O2/c1-26-18-6-5-13(20)11-14(18)19(25)24-9-7-23(8-10-24)12-15-16(21)3-2-4-17(15)22/h2-6,11H,7-10,12H2,1H3. The third-order valence-corrected chi connectivity index (χ3v) is 5.08. The Kier molecular flexibility index (Phi) is 6.01. The van der Waals surface area contributed by atoms with Crippen molar-refractivity contribution in [3.63, 3.8) is 0 Å². The molecule has 3 rings (SSSR count). The molecule has 0 aromatic heterocycles. The molecule has 4 nitrogen and oxygen atoms in total. The van der Waals surface area contributed by atoms with Gasteiger partial charge in [0.25, 0.3) is 5.91 Å². The fourth-order valence-electron chi connectivity index (χ4n) is 3.03. The molecule has 0 bridgehead atoms. The Hall–Kier alpha value is -1.82. The number of carbonyl (C=O) groups excluding carboxylic acids is 1. The normalized spacial score (nSPS) is 15.2. The molecule has 0 N–H and O–H groups in total. The summed E-state index contributed by atoms with van der Waals surface area (Å²) >= 11 is 12.1. The van der Waals surface area contributed by atoms with Gasteiger partial charge in [0.15, 0.2) is 0 Å². The Bertz CT molecular complexity index is 788. The second-order valence-corrected chi connectivity index (χ2v) is 6.96. The summed E-state index contributed by atoms with van der Waals surface area (Å²) in [6.07, 6.45) is 0. The van der Waals surface area contributed by atoms with Crippen LogP contribution >= 0.6 is 23.2 Å². The van der Waals surface area contributed by atoms with Crippen LogP contribution in [0.1, 0.15) is 15.9 Å². The minimum atomic E-state index is -0.306. The molecule has 0 aliphatic carbocycles. The Balaban J connectivity index is 1.65. The number of amides is 1. The van der Waals surface area contributed by atoms with Crippen LogP contribution in [0, 0.1) is 5.82 Å². The van der Waals surface area contributed by atoms with Crippen LogP contribution in [0.25, 0.3) is 0 Å². The van der Waals surface area contributed by atoms with Crippen LogP contribution in [0.5, 0.6) is 5.75 Å². The first-order valence-corrected chi connectivity index (χ1v) is 9.03. The predicted molar refractivity (Wildman–Crippen MR) is 101 cm³/mol. The first-order valence-electron chi connectivity index (χ1n) is 8.27. The molecule has 1 heterocycles. The Morgan fingerprint density at radius 3 is 2.54 bits per heavy atom. The highest BCUT2D eigenvalue weighted by atomic mass is 35.5. The summed E-state index contributed by atoms with van der Waals surface area (Å²) in [6, 6.07) is 9.68. The molecule has 138 valence electrons. The molecule has 1 aliphatic heterocycles. The Morgan fingerprint density at radius 1 is 1.15 bits per heavy atom. The molecular weight excluding hydrogens is 378 g/mol. The minimum absolute atomic E-state index is 0.118. The number of nitrogens with zero attached hydrogens (tertiary/aromatic N) is 2. The van der Waals surface area contributed by atoms with Gasteiger partial charge in [-0.15, -0.1) is 0 Å². The molecule has 2 aromatic carbocycles. The second-order valence-electron chi connectivity index (χ2n) is 6.11. The molecule has 7 heteroatoms. The number of benzene rings is 2. The van der Waals surface area contributed by atoms with Gasteiger partial charge in [-0.1, -0.05) is 29.3 Å². The van der Waals surface area contributed by atoms with Gasteiger partial charge >= 0.3 is 0 Å². The summed E-state index contributed by atoms with van der Waals surface area (Å²) < 4.78 is 19.2. The number of methoxy groups -OCH3 is 1. The molecule has 0 radical (unpaired) electrons. The van der Waals surface area contributed by atoms with Gasteiger partial charge in [0, 0.05) is 48.3 Å². The zero-order valence-electron chi connectivity index (χ0n) is 14.3. The maximum atomic E-state index is 14.0. The van der Waals surface area contributed by atoms with E-state index in [4.69, 9.17) is 27.9 Å². The molecule has 26 heavy (non-hydrogen) atoms. The molecule has 2 aromatic rings. The van der Waals surface area contributed by atoms with E-state index in [-0.39, 0.29) is 11.7 Å². The SMILES string of the molecule is COc1ccc(Cl)cc1C(=O)N1CCN(Cc2c(F)cccc2Cl)CC1. The van der Waals surface area contributed by atoms with Gasteiger partial charge in [-0.05, 0) is 30.3 Å². The van der Waals surface area contributed by atoms with Gasteiger partial charge in [0.05, 0.1) is 12.7 Å². The van der Waals surface area contributed by atoms with Crippen molar-refractivity contribution in [1.82, 2.24) is 9.80 Å². The van der Waals surface area contributed by atoms with Gasteiger partial charge in [0.1, 0.15) is 11.6 Å². The third-order valence-electron chi connectivity index (χ3n) is 4.49. The van der Waals surface area contributed by atoms with Crippen molar-refractivity contribution in [3.05, 3.63) is 63.4 Å². The molecule has 1 amide bonds. The van der Waals surface area contributed by atoms with E-state index in [1.165, 1.54) is 13.2 Å². The third kappa shape index (κ3) is 4.11. The lowest BCUT2D eigenvalue weighted by Crippen LogP contribution is -2.48. The van der Waals surface area contributed by atoms with Crippen LogP contribution in [-0.4, -0.2) is 49.0 Å². The number of hydrogen-bond acceptors (Lipinski definition) is 3. The number of ether oxygens (including phenoxy) is 1. The fraction of sp³-hybridized carbons (Fsp3) is 0.316. The molecule has 0 unspecified atom stereocenters. The Labute approximate surface area is 162 Å². The van der Waals surface area contributed by atoms with E-state index in [1.807, 2.05) is 0 Å². The molecule has 1 fully saturated rings. The van der Waals surface area contributed by atoms with Gasteiger partial charge in [-0.25, -0.2) is 4.39 Å². The zero-order valence-corrected chi connectivity index (χ0v) is 15.9. The van der Waals surface area contributed by atoms with E-state index in [0.29, 0.717) is 59.6 Å². The lowest BCUT2D eigenvalue weighted by molar-refractivity contribution is 0.0624. The highest BCUT2D eigenvalue weighted by Crippen LogP contribution is 2.25. The summed E-state index contributed by atoms with van der Waals surface area (Å²) in [4.78, 5) is 16.6. The first-order chi connectivity index (χ1) is 12.5. The largest absolute Gasteiger partial charge is 0.496 e. The van der Waals surface area contributed by atoms with E-state index in [2.05, 4.69) is 4.90 Å². The fourth-order valence-corrected chi connectivity index (χ4v) is 3.43. The van der Waals surface area contributed by atoms with Crippen LogP contribution in [0.2, 0.25) is 10.0 Å². The van der Waals surface area contributed by atoms with E-state index in [9.17, 15) is 9.18 Å². The molecule has 1 aliphatic rings. The number of hydrogen-bond donors (Lipinski definition) is 0. The van der Waals surface area contributed by atoms with Crippen molar-refractivity contribution < 1.29 is 13.9 Å². The summed E-state index contributed by atoms with van der Waals surface area (Å²) in [5.41, 5.74) is 0.941. The summed E-state index contributed by atoms with van der Waals surface area (Å²) in [5, 5.41) is 0.911. The maximum absolute atomic E-state index is 14.0. The smallest absolute Gasteiger partial charge is 0.257 e. The molecular formula is C19H19Cl2FN2O2. The van der Waals surface area contributed by atoms with Crippen LogP contribution in [-0.2, 0) is 6.54 Å². The lowest BCUT2D eigenvalue weighted by Gasteiger charge is -2.35. The van der Waals surface area contributed by atoms with Crippen molar-refractivity contribution in [2.45, 2.75) is 6.54 Å². The van der Waals surface area contributed by atoms with Gasteiger partial charge in [-0.2, -0.15) is 0 Å². The van der Waals surface area contributed by atoms with E-state index in [0.717, 1.165) is 0 Å². The van der Waals surface area contributed by atoms with E-state index < -0.39 is 0 Å². The predicted octanol–water partition coefficient (Wildman–Crippen LogP) is 4.10. The quantitative estimate of drug-likeness (QED) is 0.779. The molecule has 0 spiro atoms. The van der Waals surface area contributed by atoms with Crippen LogP contribution < -0.4 is 4.74 Å². The second kappa shape index (κ2) is 8.25. The molecule has 0 atom stereocenters. The minimum Gasteiger partial charge on any atom is -0.496 e. The van der Waals surface area contributed by atoms with Crippen molar-refractivity contribution >= 4 is 29.1 Å². The van der Waals surface area contributed by atoms with E-state index >= 15 is 0 Å². The monoisotopic (exact) mass is 396 g/mol. The highest BCUT2D eigenvalue weighted by Gasteiger charge is 2.25. The summed E-state index contributed by atoms with van der Waals surface area (Å²) in [7, 11) is 1.52. The topological polar surface area (TPSA) is 32.8 Å². The highest BCUT2D eigenvalue weighted by molar-refractivity contribution is 6.31. The molecule has 0 saturated carbocycles. The maximum Gasteiger partial charge on any atom is 0.257 e. The van der Waals surface area contributed by atoms with Crippen LogP contribution in [0.15, 0.2) is 36.4 Å². The van der Waals surface area contributed by atoms with Crippen LogP contribution in [0.4, 0.5) is 4.39 Å². The van der Waals surface area contributed by atoms with E-state index in [1.54, 1.807) is 35.2 Å². The number of carbonyl (C=O) groups is 1.